The smallest absolute Gasteiger partial charge is 0.264 e. The van der Waals surface area contributed by atoms with Gasteiger partial charge in [-0.05, 0) is 6.07 Å². The van der Waals surface area contributed by atoms with E-state index in [2.05, 4.69) is 0 Å². The Morgan fingerprint density at radius 3 is 2.78 bits per heavy atom. The minimum atomic E-state index is -3.58. The number of thioether (sulfide) groups is 1. The summed E-state index contributed by atoms with van der Waals surface area (Å²) in [7, 11) is -2.13. The van der Waals surface area contributed by atoms with Gasteiger partial charge in [0.25, 0.3) is 10.0 Å². The normalized spacial score (nSPS) is 21.6. The number of rotatable bonds is 0. The number of benzene rings is 1. The summed E-state index contributed by atoms with van der Waals surface area (Å²) in [5, 5.41) is 0. The molecule has 94 valence electrons. The van der Waals surface area contributed by atoms with Crippen molar-refractivity contribution >= 4 is 32.5 Å². The molecule has 18 heavy (non-hydrogen) atoms. The number of hydrogen-bond donors (Lipinski definition) is 0. The maximum absolute atomic E-state index is 12.3. The lowest BCUT2D eigenvalue weighted by molar-refractivity contribution is -0.116. The van der Waals surface area contributed by atoms with Crippen LogP contribution in [0.3, 0.4) is 0 Å². The number of hydrogen-bond acceptors (Lipinski definition) is 4. The van der Waals surface area contributed by atoms with Gasteiger partial charge in [-0.25, -0.2) is 8.42 Å². The lowest BCUT2D eigenvalue weighted by Gasteiger charge is -2.32. The van der Waals surface area contributed by atoms with Crippen molar-refractivity contribution in [3.63, 3.8) is 0 Å². The molecule has 4 nitrogen and oxygen atoms in total. The molecule has 2 heterocycles. The van der Waals surface area contributed by atoms with E-state index < -0.39 is 10.0 Å². The van der Waals surface area contributed by atoms with Crippen LogP contribution in [0.1, 0.15) is 12.0 Å². The maximum Gasteiger partial charge on any atom is 0.264 e. The number of allylic oxidation sites excluding steroid dienone is 1. The third kappa shape index (κ3) is 1.45. The molecule has 0 radical (unpaired) electrons. The van der Waals surface area contributed by atoms with Crippen molar-refractivity contribution in [2.75, 3.05) is 12.8 Å². The van der Waals surface area contributed by atoms with Gasteiger partial charge < -0.3 is 0 Å². The van der Waals surface area contributed by atoms with E-state index in [0.29, 0.717) is 23.4 Å². The van der Waals surface area contributed by atoms with Crippen molar-refractivity contribution in [1.82, 2.24) is 4.31 Å². The highest BCUT2D eigenvalue weighted by Crippen LogP contribution is 2.44. The fraction of sp³-hybridized carbons (Fsp3) is 0.250. The molecule has 0 spiro atoms. The molecule has 2 aliphatic heterocycles. The second-order valence-electron chi connectivity index (χ2n) is 4.17. The summed E-state index contributed by atoms with van der Waals surface area (Å²) in [6.07, 6.45) is 0.394. The Morgan fingerprint density at radius 1 is 1.28 bits per heavy atom. The zero-order chi connectivity index (χ0) is 12.9. The molecule has 0 atom stereocenters. The Balaban J connectivity index is 2.38. The average molecular weight is 281 g/mol. The minimum absolute atomic E-state index is 0.0932. The minimum Gasteiger partial charge on any atom is -0.292 e. The van der Waals surface area contributed by atoms with E-state index in [0.717, 1.165) is 9.21 Å². The molecule has 6 heteroatoms. The van der Waals surface area contributed by atoms with Gasteiger partial charge in [-0.3, -0.25) is 9.10 Å². The molecule has 0 unspecified atom stereocenters. The number of likely N-dealkylation sites (N-methyl/N-ethyl adjacent to an activating group) is 1. The van der Waals surface area contributed by atoms with Crippen molar-refractivity contribution in [2.45, 2.75) is 11.3 Å². The Hall–Kier alpha value is -1.27. The van der Waals surface area contributed by atoms with Gasteiger partial charge in [-0.1, -0.05) is 18.2 Å². The molecular formula is C12H11NO3S2. The summed E-state index contributed by atoms with van der Waals surface area (Å²) in [6, 6.07) is 6.85. The van der Waals surface area contributed by atoms with E-state index in [1.54, 1.807) is 36.0 Å². The quantitative estimate of drug-likeness (QED) is 0.726. The highest BCUT2D eigenvalue weighted by atomic mass is 32.2. The number of Topliss-reactive ketones (excluding diaryl/α,β-unsaturated/α-hetero) is 1. The number of fused-ring (bicyclic) bond motifs is 2. The fourth-order valence-corrected chi connectivity index (χ4v) is 4.99. The lowest BCUT2D eigenvalue weighted by Crippen LogP contribution is -2.36. The van der Waals surface area contributed by atoms with Gasteiger partial charge in [0.05, 0.1) is 4.90 Å². The molecule has 0 aliphatic carbocycles. The van der Waals surface area contributed by atoms with Gasteiger partial charge in [0, 0.05) is 29.7 Å². The van der Waals surface area contributed by atoms with Crippen LogP contribution in [0.2, 0.25) is 0 Å². The van der Waals surface area contributed by atoms with Crippen molar-refractivity contribution < 1.29 is 13.2 Å². The molecule has 0 aromatic heterocycles. The summed E-state index contributed by atoms with van der Waals surface area (Å²) in [5.41, 5.74) is 0.980. The van der Waals surface area contributed by atoms with Crippen LogP contribution >= 0.6 is 11.8 Å². The summed E-state index contributed by atoms with van der Waals surface area (Å²) in [4.78, 5) is 13.0. The Labute approximate surface area is 110 Å². The van der Waals surface area contributed by atoms with Crippen LogP contribution in [0.5, 0.6) is 0 Å². The molecule has 0 fully saturated rings. The first-order valence-electron chi connectivity index (χ1n) is 5.52. The molecule has 0 saturated carbocycles. The van der Waals surface area contributed by atoms with Crippen LogP contribution in [0.4, 0.5) is 0 Å². The standard InChI is InChI=1S/C12H11NO3S2/c1-13-11-9(14)6-7-17-12(11)8-4-2-3-5-10(8)18(13,15)16/h2-5H,6-7H2,1H3. The van der Waals surface area contributed by atoms with E-state index in [-0.39, 0.29) is 10.7 Å². The first-order valence-corrected chi connectivity index (χ1v) is 7.94. The van der Waals surface area contributed by atoms with Crippen LogP contribution in [-0.2, 0) is 14.8 Å². The number of carbonyl (C=O) groups excluding carboxylic acids is 1. The van der Waals surface area contributed by atoms with Gasteiger partial charge in [-0.2, -0.15) is 0 Å². The molecule has 0 N–H and O–H groups in total. The second-order valence-corrected chi connectivity index (χ2v) is 7.21. The van der Waals surface area contributed by atoms with E-state index in [9.17, 15) is 13.2 Å². The Kier molecular flexibility index (Phi) is 2.53. The summed E-state index contributed by atoms with van der Waals surface area (Å²) in [6.45, 7) is 0. The summed E-state index contributed by atoms with van der Waals surface area (Å²) in [5.74, 6) is 0.615. The van der Waals surface area contributed by atoms with Crippen molar-refractivity contribution in [2.24, 2.45) is 0 Å². The topological polar surface area (TPSA) is 54.5 Å². The van der Waals surface area contributed by atoms with Gasteiger partial charge >= 0.3 is 0 Å². The zero-order valence-corrected chi connectivity index (χ0v) is 11.3. The molecule has 0 amide bonds. The van der Waals surface area contributed by atoms with Crippen LogP contribution in [-0.4, -0.2) is 31.3 Å². The zero-order valence-electron chi connectivity index (χ0n) is 9.71. The highest BCUT2D eigenvalue weighted by molar-refractivity contribution is 8.08. The predicted octanol–water partition coefficient (Wildman–Crippen LogP) is 1.70. The number of nitrogens with zero attached hydrogens (tertiary/aromatic N) is 1. The Bertz CT molecular complexity index is 676. The van der Waals surface area contributed by atoms with Gasteiger partial charge in [0.1, 0.15) is 5.70 Å². The fourth-order valence-electron chi connectivity index (χ4n) is 2.23. The summed E-state index contributed by atoms with van der Waals surface area (Å²) < 4.78 is 25.8. The molecule has 2 aliphatic rings. The first-order chi connectivity index (χ1) is 8.53. The molecule has 1 aromatic rings. The van der Waals surface area contributed by atoms with Gasteiger partial charge in [-0.15, -0.1) is 11.8 Å². The molecular weight excluding hydrogens is 270 g/mol. The number of ketones is 1. The first kappa shape index (κ1) is 11.8. The van der Waals surface area contributed by atoms with E-state index in [1.807, 2.05) is 0 Å². The molecule has 0 bridgehead atoms. The third-order valence-corrected chi connectivity index (χ3v) is 6.07. The summed E-state index contributed by atoms with van der Waals surface area (Å²) >= 11 is 1.55. The highest BCUT2D eigenvalue weighted by Gasteiger charge is 2.38. The van der Waals surface area contributed by atoms with Crippen molar-refractivity contribution in [3.8, 4) is 0 Å². The predicted molar refractivity (Wildman–Crippen MR) is 70.4 cm³/mol. The lowest BCUT2D eigenvalue weighted by atomic mass is 10.1. The van der Waals surface area contributed by atoms with Gasteiger partial charge in [0.2, 0.25) is 0 Å². The molecule has 3 rings (SSSR count). The average Bonchev–Trinajstić information content (AvgIpc) is 2.36. The SMILES string of the molecule is CN1C2=C(SCCC2=O)c2ccccc2S1(=O)=O. The monoisotopic (exact) mass is 281 g/mol. The number of carbonyl (C=O) groups is 1. The van der Waals surface area contributed by atoms with Gasteiger partial charge in [0.15, 0.2) is 5.78 Å². The van der Waals surface area contributed by atoms with E-state index in [1.165, 1.54) is 7.05 Å². The Morgan fingerprint density at radius 2 is 2.00 bits per heavy atom. The molecule has 1 aromatic carbocycles. The van der Waals surface area contributed by atoms with E-state index in [4.69, 9.17) is 0 Å². The van der Waals surface area contributed by atoms with Crippen molar-refractivity contribution in [3.05, 3.63) is 35.5 Å². The van der Waals surface area contributed by atoms with Crippen LogP contribution in [0.15, 0.2) is 34.9 Å². The van der Waals surface area contributed by atoms with Crippen molar-refractivity contribution in [1.29, 1.82) is 0 Å². The number of sulfonamides is 1. The second kappa shape index (κ2) is 3.86. The van der Waals surface area contributed by atoms with Crippen LogP contribution in [0.25, 0.3) is 4.91 Å². The van der Waals surface area contributed by atoms with Crippen LogP contribution < -0.4 is 0 Å². The molecule has 0 saturated heterocycles. The largest absolute Gasteiger partial charge is 0.292 e. The van der Waals surface area contributed by atoms with E-state index >= 15 is 0 Å². The van der Waals surface area contributed by atoms with Crippen LogP contribution in [0, 0.1) is 0 Å². The third-order valence-electron chi connectivity index (χ3n) is 3.14. The maximum atomic E-state index is 12.3.